The van der Waals surface area contributed by atoms with E-state index in [1.807, 2.05) is 11.8 Å². The second-order valence-electron chi connectivity index (χ2n) is 5.59. The maximum absolute atomic E-state index is 13.7. The fourth-order valence-corrected chi connectivity index (χ4v) is 4.60. The van der Waals surface area contributed by atoms with E-state index in [1.165, 1.54) is 6.07 Å². The first-order chi connectivity index (χ1) is 9.93. The molecule has 2 unspecified atom stereocenters. The zero-order chi connectivity index (χ0) is 15.5. The van der Waals surface area contributed by atoms with Gasteiger partial charge in [0.1, 0.15) is 5.82 Å². The Morgan fingerprint density at radius 2 is 2.14 bits per heavy atom. The van der Waals surface area contributed by atoms with Crippen molar-refractivity contribution >= 4 is 9.84 Å². The van der Waals surface area contributed by atoms with E-state index in [0.717, 1.165) is 6.42 Å². The number of sulfone groups is 1. The zero-order valence-electron chi connectivity index (χ0n) is 12.2. The molecule has 118 valence electrons. The minimum absolute atomic E-state index is 0.0728. The maximum atomic E-state index is 13.7. The summed E-state index contributed by atoms with van der Waals surface area (Å²) in [5.41, 5.74) is 0.263. The molecule has 1 heterocycles. The topological polar surface area (TPSA) is 57.6 Å². The summed E-state index contributed by atoms with van der Waals surface area (Å²) in [6.07, 6.45) is 0.508. The van der Waals surface area contributed by atoms with E-state index in [-0.39, 0.29) is 29.7 Å². The predicted molar refractivity (Wildman–Crippen MR) is 80.3 cm³/mol. The van der Waals surface area contributed by atoms with Gasteiger partial charge in [0.25, 0.3) is 0 Å². The van der Waals surface area contributed by atoms with Crippen molar-refractivity contribution in [2.45, 2.75) is 31.9 Å². The molecular formula is C15H22FNO3S. The van der Waals surface area contributed by atoms with Crippen LogP contribution in [0.4, 0.5) is 4.39 Å². The van der Waals surface area contributed by atoms with Crippen LogP contribution in [0.5, 0.6) is 0 Å². The van der Waals surface area contributed by atoms with Crippen LogP contribution in [0.3, 0.4) is 0 Å². The van der Waals surface area contributed by atoms with Crippen LogP contribution in [0.15, 0.2) is 24.3 Å². The SMILES string of the molecule is CCCN(CC(O)c1ccccc1F)C1CCS(=O)(=O)C1. The molecule has 0 spiro atoms. The number of halogens is 1. The molecule has 0 bridgehead atoms. The summed E-state index contributed by atoms with van der Waals surface area (Å²) in [5.74, 6) is -0.0921. The molecule has 1 fully saturated rings. The lowest BCUT2D eigenvalue weighted by atomic mass is 10.1. The van der Waals surface area contributed by atoms with Gasteiger partial charge in [0.2, 0.25) is 0 Å². The van der Waals surface area contributed by atoms with Gasteiger partial charge < -0.3 is 5.11 Å². The Bertz CT molecular complexity index is 576. The lowest BCUT2D eigenvalue weighted by molar-refractivity contribution is 0.0901. The number of aliphatic hydroxyl groups is 1. The summed E-state index contributed by atoms with van der Waals surface area (Å²) in [6.45, 7) is 2.96. The van der Waals surface area contributed by atoms with Crippen molar-refractivity contribution in [3.05, 3.63) is 35.6 Å². The maximum Gasteiger partial charge on any atom is 0.151 e. The average Bonchev–Trinajstić information content (AvgIpc) is 2.79. The Hall–Kier alpha value is -0.980. The van der Waals surface area contributed by atoms with Gasteiger partial charge in [0.05, 0.1) is 17.6 Å². The average molecular weight is 315 g/mol. The van der Waals surface area contributed by atoms with Crippen molar-refractivity contribution in [2.75, 3.05) is 24.6 Å². The van der Waals surface area contributed by atoms with Gasteiger partial charge in [-0.3, -0.25) is 4.90 Å². The molecule has 0 aliphatic carbocycles. The van der Waals surface area contributed by atoms with Crippen molar-refractivity contribution in [1.29, 1.82) is 0 Å². The molecule has 1 aromatic rings. The third-order valence-corrected chi connectivity index (χ3v) is 5.66. The molecule has 0 radical (unpaired) electrons. The monoisotopic (exact) mass is 315 g/mol. The van der Waals surface area contributed by atoms with Gasteiger partial charge in [-0.15, -0.1) is 0 Å². The number of aliphatic hydroxyl groups excluding tert-OH is 1. The largest absolute Gasteiger partial charge is 0.387 e. The number of benzene rings is 1. The van der Waals surface area contributed by atoms with Gasteiger partial charge in [-0.25, -0.2) is 12.8 Å². The zero-order valence-corrected chi connectivity index (χ0v) is 13.0. The van der Waals surface area contributed by atoms with Gasteiger partial charge in [0, 0.05) is 18.2 Å². The smallest absolute Gasteiger partial charge is 0.151 e. The predicted octanol–water partition coefficient (Wildman–Crippen LogP) is 1.76. The van der Waals surface area contributed by atoms with E-state index >= 15 is 0 Å². The minimum atomic E-state index is -2.96. The summed E-state index contributed by atoms with van der Waals surface area (Å²) in [5, 5.41) is 10.3. The number of rotatable bonds is 6. The Morgan fingerprint density at radius 3 is 2.71 bits per heavy atom. The molecule has 2 rings (SSSR count). The van der Waals surface area contributed by atoms with E-state index in [4.69, 9.17) is 0 Å². The minimum Gasteiger partial charge on any atom is -0.387 e. The van der Waals surface area contributed by atoms with Crippen LogP contribution in [0.1, 0.15) is 31.4 Å². The van der Waals surface area contributed by atoms with Gasteiger partial charge in [-0.2, -0.15) is 0 Å². The molecule has 0 aromatic heterocycles. The highest BCUT2D eigenvalue weighted by atomic mass is 32.2. The van der Waals surface area contributed by atoms with E-state index < -0.39 is 21.8 Å². The van der Waals surface area contributed by atoms with Crippen LogP contribution in [0.25, 0.3) is 0 Å². The molecule has 1 aromatic carbocycles. The van der Waals surface area contributed by atoms with Crippen molar-refractivity contribution in [3.63, 3.8) is 0 Å². The van der Waals surface area contributed by atoms with Crippen LogP contribution in [0.2, 0.25) is 0 Å². The molecule has 1 aliphatic heterocycles. The number of hydrogen-bond donors (Lipinski definition) is 1. The van der Waals surface area contributed by atoms with Gasteiger partial charge in [-0.05, 0) is 25.5 Å². The first kappa shape index (κ1) is 16.4. The number of hydrogen-bond acceptors (Lipinski definition) is 4. The van der Waals surface area contributed by atoms with Crippen molar-refractivity contribution < 1.29 is 17.9 Å². The van der Waals surface area contributed by atoms with Crippen LogP contribution >= 0.6 is 0 Å². The lowest BCUT2D eigenvalue weighted by Crippen LogP contribution is -2.39. The molecule has 1 aliphatic rings. The fourth-order valence-electron chi connectivity index (χ4n) is 2.84. The summed E-state index contributed by atoms with van der Waals surface area (Å²) >= 11 is 0. The molecule has 6 heteroatoms. The Morgan fingerprint density at radius 1 is 1.43 bits per heavy atom. The molecule has 1 saturated heterocycles. The van der Waals surface area contributed by atoms with Crippen LogP contribution in [0, 0.1) is 5.82 Å². The van der Waals surface area contributed by atoms with E-state index in [0.29, 0.717) is 13.0 Å². The van der Waals surface area contributed by atoms with Crippen molar-refractivity contribution in [2.24, 2.45) is 0 Å². The summed E-state index contributed by atoms with van der Waals surface area (Å²) in [4.78, 5) is 1.97. The molecule has 0 amide bonds. The summed E-state index contributed by atoms with van der Waals surface area (Å²) < 4.78 is 36.9. The second kappa shape index (κ2) is 6.85. The normalized spacial score (nSPS) is 22.6. The first-order valence-corrected chi connectivity index (χ1v) is 9.12. The van der Waals surface area contributed by atoms with E-state index in [1.54, 1.807) is 18.2 Å². The lowest BCUT2D eigenvalue weighted by Gasteiger charge is -2.29. The molecule has 0 saturated carbocycles. The van der Waals surface area contributed by atoms with Crippen LogP contribution < -0.4 is 0 Å². The highest BCUT2D eigenvalue weighted by molar-refractivity contribution is 7.91. The van der Waals surface area contributed by atoms with E-state index in [9.17, 15) is 17.9 Å². The number of nitrogens with zero attached hydrogens (tertiary/aromatic N) is 1. The highest BCUT2D eigenvalue weighted by Gasteiger charge is 2.33. The molecule has 4 nitrogen and oxygen atoms in total. The van der Waals surface area contributed by atoms with Gasteiger partial charge >= 0.3 is 0 Å². The Kier molecular flexibility index (Phi) is 5.35. The van der Waals surface area contributed by atoms with Gasteiger partial charge in [-0.1, -0.05) is 25.1 Å². The quantitative estimate of drug-likeness (QED) is 0.869. The van der Waals surface area contributed by atoms with E-state index in [2.05, 4.69) is 0 Å². The Balaban J connectivity index is 2.08. The summed E-state index contributed by atoms with van der Waals surface area (Å²) in [7, 11) is -2.96. The second-order valence-corrected chi connectivity index (χ2v) is 7.82. The first-order valence-electron chi connectivity index (χ1n) is 7.30. The summed E-state index contributed by atoms with van der Waals surface area (Å²) in [6, 6.07) is 6.08. The fraction of sp³-hybridized carbons (Fsp3) is 0.600. The highest BCUT2D eigenvalue weighted by Crippen LogP contribution is 2.23. The van der Waals surface area contributed by atoms with Crippen molar-refractivity contribution in [3.8, 4) is 0 Å². The molecule has 21 heavy (non-hydrogen) atoms. The molecule has 2 atom stereocenters. The van der Waals surface area contributed by atoms with Crippen LogP contribution in [-0.4, -0.2) is 49.1 Å². The van der Waals surface area contributed by atoms with Crippen molar-refractivity contribution in [1.82, 2.24) is 4.90 Å². The Labute approximate surface area is 125 Å². The van der Waals surface area contributed by atoms with Gasteiger partial charge in [0.15, 0.2) is 9.84 Å². The standard InChI is InChI=1S/C15H22FNO3S/c1-2-8-17(12-7-9-21(19,20)11-12)10-15(18)13-5-3-4-6-14(13)16/h3-6,12,15,18H,2,7-11H2,1H3. The molecular weight excluding hydrogens is 293 g/mol. The molecule has 1 N–H and O–H groups in total. The third-order valence-electron chi connectivity index (χ3n) is 3.91. The third kappa shape index (κ3) is 4.25. The van der Waals surface area contributed by atoms with Crippen LogP contribution in [-0.2, 0) is 9.84 Å².